The molecule has 0 unspecified atom stereocenters. The Morgan fingerprint density at radius 1 is 1.00 bits per heavy atom. The van der Waals surface area contributed by atoms with Crippen LogP contribution in [-0.2, 0) is 13.1 Å². The number of ether oxygens (including phenoxy) is 2. The van der Waals surface area contributed by atoms with E-state index >= 15 is 0 Å². The quantitative estimate of drug-likeness (QED) is 0.351. The van der Waals surface area contributed by atoms with Crippen LogP contribution in [0.2, 0.25) is 0 Å². The molecule has 3 aromatic heterocycles. The number of rotatable bonds is 7. The molecular formula is C29H32N6O3. The number of nitrogens with zero attached hydrogens (tertiary/aromatic N) is 5. The number of fused-ring (bicyclic) bond motifs is 3. The molecule has 0 bridgehead atoms. The Morgan fingerprint density at radius 3 is 2.61 bits per heavy atom. The van der Waals surface area contributed by atoms with E-state index in [1.165, 1.54) is 5.56 Å². The first-order valence-corrected chi connectivity index (χ1v) is 13.0. The molecular weight excluding hydrogens is 480 g/mol. The van der Waals surface area contributed by atoms with Crippen LogP contribution in [0.3, 0.4) is 0 Å². The first-order chi connectivity index (χ1) is 18.6. The second-order valence-corrected chi connectivity index (χ2v) is 10.1. The minimum Gasteiger partial charge on any atom is -0.493 e. The highest BCUT2D eigenvalue weighted by atomic mass is 16.5. The number of aromatic nitrogens is 5. The number of imidazole rings is 2. The van der Waals surface area contributed by atoms with Crippen LogP contribution in [0.1, 0.15) is 30.5 Å². The van der Waals surface area contributed by atoms with Crippen LogP contribution >= 0.6 is 0 Å². The number of hydrogen-bond acceptors (Lipinski definition) is 6. The van der Waals surface area contributed by atoms with Crippen molar-refractivity contribution in [2.24, 2.45) is 5.92 Å². The molecule has 4 heterocycles. The molecule has 0 aliphatic carbocycles. The predicted molar refractivity (Wildman–Crippen MR) is 147 cm³/mol. The van der Waals surface area contributed by atoms with Gasteiger partial charge >= 0.3 is 5.69 Å². The standard InChI is InChI=1S/C29H32N6O3/c1-19-11-12-33(15-20-7-5-4-6-8-20)17-23(19)35-27-22(32-29(35)36)14-30-28-26(27)31-18-34(28)16-21-9-10-24(37-2)25(13-21)38-3/h4-10,13-14,18-19,23H,11-12,15-17H2,1-3H3,(H,32,36)/t19-,23+/m1/s1. The Hall–Kier alpha value is -4.11. The lowest BCUT2D eigenvalue weighted by Crippen LogP contribution is -2.42. The number of piperidine rings is 1. The fourth-order valence-corrected chi connectivity index (χ4v) is 5.65. The van der Waals surface area contributed by atoms with Gasteiger partial charge in [-0.25, -0.2) is 14.8 Å². The Bertz CT molecular complexity index is 1640. The van der Waals surface area contributed by atoms with Crippen LogP contribution in [0.5, 0.6) is 11.5 Å². The molecule has 38 heavy (non-hydrogen) atoms. The third-order valence-corrected chi connectivity index (χ3v) is 7.69. The summed E-state index contributed by atoms with van der Waals surface area (Å²) in [5, 5.41) is 0. The van der Waals surface area contributed by atoms with Crippen molar-refractivity contribution >= 4 is 22.2 Å². The predicted octanol–water partition coefficient (Wildman–Crippen LogP) is 4.22. The maximum atomic E-state index is 13.3. The van der Waals surface area contributed by atoms with Gasteiger partial charge in [-0.05, 0) is 42.1 Å². The van der Waals surface area contributed by atoms with Gasteiger partial charge in [-0.2, -0.15) is 0 Å². The molecule has 5 aromatic rings. The monoisotopic (exact) mass is 512 g/mol. The molecule has 1 N–H and O–H groups in total. The molecule has 9 heteroatoms. The summed E-state index contributed by atoms with van der Waals surface area (Å²) in [6, 6.07) is 16.4. The lowest BCUT2D eigenvalue weighted by molar-refractivity contribution is 0.127. The summed E-state index contributed by atoms with van der Waals surface area (Å²) >= 11 is 0. The molecule has 196 valence electrons. The molecule has 0 spiro atoms. The van der Waals surface area contributed by atoms with Gasteiger partial charge in [-0.3, -0.25) is 9.47 Å². The third-order valence-electron chi connectivity index (χ3n) is 7.69. The molecule has 6 rings (SSSR count). The van der Waals surface area contributed by atoms with Crippen molar-refractivity contribution in [1.29, 1.82) is 0 Å². The van der Waals surface area contributed by atoms with Crippen LogP contribution in [0.15, 0.2) is 65.8 Å². The Kier molecular flexibility index (Phi) is 6.37. The lowest BCUT2D eigenvalue weighted by atomic mass is 9.92. The molecule has 1 fully saturated rings. The maximum absolute atomic E-state index is 13.3. The molecule has 1 aliphatic rings. The highest BCUT2D eigenvalue weighted by molar-refractivity contribution is 5.98. The van der Waals surface area contributed by atoms with E-state index in [1.54, 1.807) is 26.7 Å². The van der Waals surface area contributed by atoms with Gasteiger partial charge in [-0.1, -0.05) is 43.3 Å². The zero-order chi connectivity index (χ0) is 26.2. The number of nitrogens with one attached hydrogen (secondary N) is 1. The van der Waals surface area contributed by atoms with E-state index in [0.29, 0.717) is 29.5 Å². The van der Waals surface area contributed by atoms with Gasteiger partial charge in [0.2, 0.25) is 0 Å². The summed E-state index contributed by atoms with van der Waals surface area (Å²) in [6.45, 7) is 5.50. The Morgan fingerprint density at radius 2 is 1.82 bits per heavy atom. The largest absolute Gasteiger partial charge is 0.493 e. The van der Waals surface area contributed by atoms with E-state index in [4.69, 9.17) is 14.5 Å². The first kappa shape index (κ1) is 24.2. The van der Waals surface area contributed by atoms with Crippen molar-refractivity contribution < 1.29 is 9.47 Å². The minimum absolute atomic E-state index is 0.0373. The second-order valence-electron chi connectivity index (χ2n) is 10.1. The van der Waals surface area contributed by atoms with E-state index in [-0.39, 0.29) is 11.7 Å². The lowest BCUT2D eigenvalue weighted by Gasteiger charge is -2.37. The molecule has 9 nitrogen and oxygen atoms in total. The normalized spacial score (nSPS) is 18.3. The Balaban J connectivity index is 1.36. The average Bonchev–Trinajstić information content (AvgIpc) is 3.50. The summed E-state index contributed by atoms with van der Waals surface area (Å²) in [4.78, 5) is 28.2. The van der Waals surface area contributed by atoms with E-state index in [1.807, 2.05) is 33.4 Å². The molecule has 0 radical (unpaired) electrons. The van der Waals surface area contributed by atoms with Crippen molar-refractivity contribution in [3.63, 3.8) is 0 Å². The minimum atomic E-state index is -0.109. The van der Waals surface area contributed by atoms with Gasteiger partial charge in [0.1, 0.15) is 11.0 Å². The number of hydrogen-bond donors (Lipinski definition) is 1. The van der Waals surface area contributed by atoms with Crippen LogP contribution < -0.4 is 15.2 Å². The number of likely N-dealkylation sites (tertiary alicyclic amines) is 1. The van der Waals surface area contributed by atoms with Gasteiger partial charge in [0.15, 0.2) is 17.1 Å². The fraction of sp³-hybridized carbons (Fsp3) is 0.345. The van der Waals surface area contributed by atoms with E-state index < -0.39 is 0 Å². The maximum Gasteiger partial charge on any atom is 0.326 e. The van der Waals surface area contributed by atoms with E-state index in [2.05, 4.69) is 46.1 Å². The molecule has 1 aliphatic heterocycles. The molecule has 0 saturated carbocycles. The van der Waals surface area contributed by atoms with E-state index in [9.17, 15) is 4.79 Å². The summed E-state index contributed by atoms with van der Waals surface area (Å²) in [5.74, 6) is 1.72. The van der Waals surface area contributed by atoms with Crippen molar-refractivity contribution in [2.75, 3.05) is 27.3 Å². The number of H-pyrrole nitrogens is 1. The topological polar surface area (TPSA) is 90.2 Å². The van der Waals surface area contributed by atoms with Crippen LogP contribution in [0, 0.1) is 5.92 Å². The summed E-state index contributed by atoms with van der Waals surface area (Å²) < 4.78 is 14.8. The highest BCUT2D eigenvalue weighted by Crippen LogP contribution is 2.32. The average molecular weight is 513 g/mol. The molecule has 0 amide bonds. The first-order valence-electron chi connectivity index (χ1n) is 13.0. The molecule has 2 aromatic carbocycles. The van der Waals surface area contributed by atoms with Crippen molar-refractivity contribution in [3.05, 3.63) is 82.7 Å². The van der Waals surface area contributed by atoms with Gasteiger partial charge in [0.25, 0.3) is 0 Å². The number of benzene rings is 2. The highest BCUT2D eigenvalue weighted by Gasteiger charge is 2.31. The number of methoxy groups -OCH3 is 2. The Labute approximate surface area is 220 Å². The summed E-state index contributed by atoms with van der Waals surface area (Å²) in [7, 11) is 3.26. The fourth-order valence-electron chi connectivity index (χ4n) is 5.65. The second kappa shape index (κ2) is 9.98. The van der Waals surface area contributed by atoms with Crippen LogP contribution in [0.4, 0.5) is 0 Å². The third kappa shape index (κ3) is 4.32. The van der Waals surface area contributed by atoms with Gasteiger partial charge < -0.3 is 19.0 Å². The number of aromatic amines is 1. The van der Waals surface area contributed by atoms with Crippen LogP contribution in [-0.4, -0.2) is 56.3 Å². The smallest absolute Gasteiger partial charge is 0.326 e. The summed E-state index contributed by atoms with van der Waals surface area (Å²) in [6.07, 6.45) is 4.57. The molecule has 1 saturated heterocycles. The summed E-state index contributed by atoms with van der Waals surface area (Å²) in [5.41, 5.74) is 5.22. The van der Waals surface area contributed by atoms with Gasteiger partial charge in [0.05, 0.1) is 44.8 Å². The number of pyridine rings is 1. The van der Waals surface area contributed by atoms with Crippen molar-refractivity contribution in [1.82, 2.24) is 29.0 Å². The van der Waals surface area contributed by atoms with Gasteiger partial charge in [-0.15, -0.1) is 0 Å². The van der Waals surface area contributed by atoms with Crippen molar-refractivity contribution in [3.8, 4) is 11.5 Å². The molecule has 2 atom stereocenters. The SMILES string of the molecule is COc1ccc(Cn2cnc3c2ncc2[nH]c(=O)n([C@H]4CN(Cc5ccccc5)CC[C@H]4C)c23)cc1OC. The van der Waals surface area contributed by atoms with Gasteiger partial charge in [0, 0.05) is 13.1 Å². The zero-order valence-corrected chi connectivity index (χ0v) is 21.9. The van der Waals surface area contributed by atoms with E-state index in [0.717, 1.165) is 48.3 Å². The van der Waals surface area contributed by atoms with Crippen molar-refractivity contribution in [2.45, 2.75) is 32.5 Å². The van der Waals surface area contributed by atoms with Crippen LogP contribution in [0.25, 0.3) is 22.2 Å². The zero-order valence-electron chi connectivity index (χ0n) is 21.9.